The van der Waals surface area contributed by atoms with Gasteiger partial charge >= 0.3 is 5.97 Å². The average Bonchev–Trinajstić information content (AvgIpc) is 3.10. The number of ether oxygens (including phenoxy) is 1. The van der Waals surface area contributed by atoms with Gasteiger partial charge in [-0.15, -0.1) is 0 Å². The molecule has 2 atom stereocenters. The molecule has 148 valence electrons. The molecule has 0 bridgehead atoms. The minimum atomic E-state index is -0.474. The Labute approximate surface area is 174 Å². The lowest BCUT2D eigenvalue weighted by Gasteiger charge is -2.41. The molecule has 1 fully saturated rings. The molecule has 1 saturated heterocycles. The van der Waals surface area contributed by atoms with E-state index < -0.39 is 12.0 Å². The van der Waals surface area contributed by atoms with Crippen molar-refractivity contribution in [2.45, 2.75) is 38.3 Å². The number of rotatable bonds is 6. The third-order valence-electron chi connectivity index (χ3n) is 4.87. The number of esters is 1. The van der Waals surface area contributed by atoms with Crippen LogP contribution in [0.3, 0.4) is 0 Å². The van der Waals surface area contributed by atoms with Crippen molar-refractivity contribution in [2.24, 2.45) is 4.99 Å². The molecule has 6 heteroatoms. The summed E-state index contributed by atoms with van der Waals surface area (Å²) in [6.07, 6.45) is 0.697. The number of likely N-dealkylation sites (tertiary alicyclic amines) is 1. The Morgan fingerprint density at radius 1 is 1.03 bits per heavy atom. The molecule has 5 nitrogen and oxygen atoms in total. The van der Waals surface area contributed by atoms with Crippen LogP contribution < -0.4 is 0 Å². The third-order valence-corrected chi connectivity index (χ3v) is 6.11. The predicted octanol–water partition coefficient (Wildman–Crippen LogP) is 3.95. The van der Waals surface area contributed by atoms with Crippen LogP contribution in [0.5, 0.6) is 0 Å². The zero-order valence-electron chi connectivity index (χ0n) is 16.4. The van der Waals surface area contributed by atoms with E-state index in [2.05, 4.69) is 4.99 Å². The number of fused-ring (bicyclic) bond motifs is 1. The smallest absolute Gasteiger partial charge is 0.355 e. The normalized spacial score (nSPS) is 19.9. The molecular weight excluding hydrogens is 384 g/mol. The molecule has 2 heterocycles. The fraction of sp³-hybridized carbons (Fsp3) is 0.261. The summed E-state index contributed by atoms with van der Waals surface area (Å²) in [5, 5.41) is 0.753. The summed E-state index contributed by atoms with van der Waals surface area (Å²) < 4.78 is 5.49. The highest BCUT2D eigenvalue weighted by molar-refractivity contribution is 8.14. The molecule has 1 amide bonds. The minimum Gasteiger partial charge on any atom is -0.456 e. The summed E-state index contributed by atoms with van der Waals surface area (Å²) in [4.78, 5) is 31.7. The zero-order chi connectivity index (χ0) is 20.4. The molecule has 0 N–H and O–H groups in total. The molecule has 0 spiro atoms. The Hall–Kier alpha value is -2.86. The number of β-lactam (4-membered cyclic amide) rings is 1. The Morgan fingerprint density at radius 3 is 2.28 bits per heavy atom. The number of hydrogen-bond donors (Lipinski definition) is 0. The zero-order valence-corrected chi connectivity index (χ0v) is 17.2. The molecule has 0 aromatic heterocycles. The van der Waals surface area contributed by atoms with Crippen molar-refractivity contribution in [3.63, 3.8) is 0 Å². The maximum absolute atomic E-state index is 12.8. The van der Waals surface area contributed by atoms with Crippen molar-refractivity contribution in [3.8, 4) is 0 Å². The molecule has 2 aliphatic rings. The monoisotopic (exact) mass is 406 g/mol. The standard InChI is InChI=1S/C23H22N2O3S/c1-15(2)20(23(27)28-14-17-11-7-4-8-12-17)25-21(26)19-22(25)29-18(24-19)13-16-9-5-3-6-10-16/h3-12,19,22H,13-14H2,1-2H3/t19-,22-/m1/s1. The first-order chi connectivity index (χ1) is 14.0. The summed E-state index contributed by atoms with van der Waals surface area (Å²) in [5.41, 5.74) is 3.15. The molecule has 2 aromatic rings. The van der Waals surface area contributed by atoms with E-state index >= 15 is 0 Å². The van der Waals surface area contributed by atoms with Gasteiger partial charge in [-0.3, -0.25) is 14.7 Å². The third kappa shape index (κ3) is 3.98. The molecular formula is C23H22N2O3S. The van der Waals surface area contributed by atoms with E-state index in [9.17, 15) is 9.59 Å². The van der Waals surface area contributed by atoms with Gasteiger partial charge in [-0.2, -0.15) is 0 Å². The molecule has 29 heavy (non-hydrogen) atoms. The largest absolute Gasteiger partial charge is 0.456 e. The first-order valence-corrected chi connectivity index (χ1v) is 10.4. The van der Waals surface area contributed by atoms with Gasteiger partial charge in [0.15, 0.2) is 6.04 Å². The lowest BCUT2D eigenvalue weighted by Crippen LogP contribution is -2.61. The highest BCUT2D eigenvalue weighted by Gasteiger charge is 2.55. The van der Waals surface area contributed by atoms with Crippen LogP contribution in [0.1, 0.15) is 25.0 Å². The van der Waals surface area contributed by atoms with Crippen LogP contribution in [0.25, 0.3) is 0 Å². The first kappa shape index (κ1) is 19.5. The van der Waals surface area contributed by atoms with Crippen molar-refractivity contribution >= 4 is 28.7 Å². The highest BCUT2D eigenvalue weighted by Crippen LogP contribution is 2.42. The van der Waals surface area contributed by atoms with Crippen LogP contribution in [-0.2, 0) is 27.4 Å². The number of nitrogens with zero attached hydrogens (tertiary/aromatic N) is 2. The van der Waals surface area contributed by atoms with Crippen LogP contribution in [0.4, 0.5) is 0 Å². The molecule has 2 aliphatic heterocycles. The van der Waals surface area contributed by atoms with E-state index in [1.54, 1.807) is 16.7 Å². The maximum atomic E-state index is 12.8. The fourth-order valence-corrected chi connectivity index (χ4v) is 4.76. The lowest BCUT2D eigenvalue weighted by atomic mass is 10.0. The fourth-order valence-electron chi connectivity index (χ4n) is 3.44. The highest BCUT2D eigenvalue weighted by atomic mass is 32.2. The van der Waals surface area contributed by atoms with Gasteiger partial charge in [0, 0.05) is 6.42 Å². The van der Waals surface area contributed by atoms with Gasteiger partial charge in [0.1, 0.15) is 17.7 Å². The van der Waals surface area contributed by atoms with Crippen molar-refractivity contribution in [1.29, 1.82) is 0 Å². The number of thioether (sulfide) groups is 1. The van der Waals surface area contributed by atoms with Crippen LogP contribution in [0.2, 0.25) is 0 Å². The lowest BCUT2D eigenvalue weighted by molar-refractivity contribution is -0.151. The van der Waals surface area contributed by atoms with E-state index in [1.807, 2.05) is 74.5 Å². The van der Waals surface area contributed by atoms with Gasteiger partial charge < -0.3 is 4.74 Å². The summed E-state index contributed by atoms with van der Waals surface area (Å²) in [5.74, 6) is -0.615. The number of carbonyl (C=O) groups is 2. The van der Waals surface area contributed by atoms with Gasteiger partial charge in [-0.1, -0.05) is 72.4 Å². The summed E-state index contributed by atoms with van der Waals surface area (Å²) >= 11 is 1.56. The molecule has 0 saturated carbocycles. The Balaban J connectivity index is 1.44. The average molecular weight is 407 g/mol. The number of benzene rings is 2. The maximum Gasteiger partial charge on any atom is 0.355 e. The Morgan fingerprint density at radius 2 is 1.66 bits per heavy atom. The molecule has 0 unspecified atom stereocenters. The van der Waals surface area contributed by atoms with Gasteiger partial charge in [-0.05, 0) is 30.5 Å². The first-order valence-electron chi connectivity index (χ1n) is 9.53. The number of allylic oxidation sites excluding steroid dienone is 1. The Kier molecular flexibility index (Phi) is 5.53. The molecule has 0 aliphatic carbocycles. The van der Waals surface area contributed by atoms with Crippen molar-refractivity contribution < 1.29 is 14.3 Å². The summed E-state index contributed by atoms with van der Waals surface area (Å²) in [7, 11) is 0. The summed E-state index contributed by atoms with van der Waals surface area (Å²) in [6, 6.07) is 19.2. The van der Waals surface area contributed by atoms with Crippen LogP contribution >= 0.6 is 11.8 Å². The number of aliphatic imine (C=N–C) groups is 1. The topological polar surface area (TPSA) is 59.0 Å². The second-order valence-electron chi connectivity index (χ2n) is 7.26. The van der Waals surface area contributed by atoms with Crippen molar-refractivity contribution in [2.75, 3.05) is 0 Å². The quantitative estimate of drug-likeness (QED) is 0.414. The van der Waals surface area contributed by atoms with Gasteiger partial charge in [0.25, 0.3) is 5.91 Å². The van der Waals surface area contributed by atoms with E-state index in [0.29, 0.717) is 12.1 Å². The molecule has 0 radical (unpaired) electrons. The summed E-state index contributed by atoms with van der Waals surface area (Å²) in [6.45, 7) is 3.83. The molecule has 4 rings (SSSR count). The molecule has 2 aromatic carbocycles. The second-order valence-corrected chi connectivity index (χ2v) is 8.45. The minimum absolute atomic E-state index is 0.140. The van der Waals surface area contributed by atoms with Crippen LogP contribution in [0.15, 0.2) is 76.9 Å². The van der Waals surface area contributed by atoms with Crippen molar-refractivity contribution in [3.05, 3.63) is 83.1 Å². The second kappa shape index (κ2) is 8.25. The van der Waals surface area contributed by atoms with E-state index in [0.717, 1.165) is 21.7 Å². The van der Waals surface area contributed by atoms with Gasteiger partial charge in [0.05, 0.1) is 5.04 Å². The van der Waals surface area contributed by atoms with E-state index in [1.165, 1.54) is 0 Å². The number of hydrogen-bond acceptors (Lipinski definition) is 5. The van der Waals surface area contributed by atoms with E-state index in [-0.39, 0.29) is 17.9 Å². The predicted molar refractivity (Wildman–Crippen MR) is 114 cm³/mol. The SMILES string of the molecule is CC(C)=C(C(=O)OCc1ccccc1)N1C(=O)[C@H]2N=C(Cc3ccccc3)S[C@H]21. The number of amides is 1. The Bertz CT molecular complexity index is 982. The van der Waals surface area contributed by atoms with Crippen LogP contribution in [-0.4, -0.2) is 33.2 Å². The van der Waals surface area contributed by atoms with Gasteiger partial charge in [0.2, 0.25) is 0 Å². The number of carbonyl (C=O) groups excluding carboxylic acids is 2. The van der Waals surface area contributed by atoms with E-state index in [4.69, 9.17) is 4.74 Å². The van der Waals surface area contributed by atoms with Crippen molar-refractivity contribution in [1.82, 2.24) is 4.90 Å². The van der Waals surface area contributed by atoms with Gasteiger partial charge in [-0.25, -0.2) is 4.79 Å². The van der Waals surface area contributed by atoms with Crippen LogP contribution in [0, 0.1) is 0 Å².